The number of nitrogens with zero attached hydrogens (tertiary/aromatic N) is 3. The number of fused-ring (bicyclic) bond motifs is 1. The zero-order chi connectivity index (χ0) is 18.1. The number of aryl methyl sites for hydroxylation is 1. The maximum Gasteiger partial charge on any atom is 0.243 e. The van der Waals surface area contributed by atoms with Crippen molar-refractivity contribution in [2.75, 3.05) is 10.7 Å². The minimum atomic E-state index is 0.0174. The van der Waals surface area contributed by atoms with Crippen LogP contribution in [0, 0.1) is 6.92 Å². The van der Waals surface area contributed by atoms with Gasteiger partial charge in [0.2, 0.25) is 5.91 Å². The first-order valence-electron chi connectivity index (χ1n) is 8.02. The van der Waals surface area contributed by atoms with E-state index in [1.165, 1.54) is 11.8 Å². The minimum absolute atomic E-state index is 0.0174. The van der Waals surface area contributed by atoms with E-state index in [0.717, 1.165) is 32.2 Å². The highest BCUT2D eigenvalue weighted by atomic mass is 79.9. The Morgan fingerprint density at radius 3 is 2.85 bits per heavy atom. The Labute approximate surface area is 163 Å². The van der Waals surface area contributed by atoms with E-state index in [1.807, 2.05) is 55.6 Å². The highest BCUT2D eigenvalue weighted by Gasteiger charge is 2.29. The van der Waals surface area contributed by atoms with Gasteiger partial charge in [-0.1, -0.05) is 45.4 Å². The summed E-state index contributed by atoms with van der Waals surface area (Å²) in [6.45, 7) is 2.02. The second-order valence-electron chi connectivity index (χ2n) is 5.91. The van der Waals surface area contributed by atoms with Gasteiger partial charge in [-0.05, 0) is 37.3 Å². The molecule has 0 saturated carbocycles. The molecule has 0 radical (unpaired) electrons. The molecule has 3 aromatic rings. The lowest BCUT2D eigenvalue weighted by molar-refractivity contribution is -0.115. The number of anilines is 1. The van der Waals surface area contributed by atoms with Gasteiger partial charge in [-0.3, -0.25) is 9.69 Å². The van der Waals surface area contributed by atoms with Crippen LogP contribution in [0.2, 0.25) is 0 Å². The highest BCUT2D eigenvalue weighted by Crippen LogP contribution is 2.27. The molecule has 1 amide bonds. The molecule has 130 valence electrons. The number of aromatic nitrogens is 1. The van der Waals surface area contributed by atoms with Crippen molar-refractivity contribution in [1.82, 2.24) is 4.98 Å². The van der Waals surface area contributed by atoms with Gasteiger partial charge in [0.15, 0.2) is 5.17 Å². The summed E-state index contributed by atoms with van der Waals surface area (Å²) in [5, 5.41) is 10.2. The van der Waals surface area contributed by atoms with Gasteiger partial charge in [-0.15, -0.1) is 5.10 Å². The molecule has 0 atom stereocenters. The van der Waals surface area contributed by atoms with E-state index in [9.17, 15) is 4.79 Å². The van der Waals surface area contributed by atoms with Crippen molar-refractivity contribution in [3.8, 4) is 0 Å². The van der Waals surface area contributed by atoms with Crippen LogP contribution < -0.4 is 4.90 Å². The highest BCUT2D eigenvalue weighted by molar-refractivity contribution is 9.10. The average Bonchev–Trinajstić information content (AvgIpc) is 3.20. The van der Waals surface area contributed by atoms with E-state index in [1.54, 1.807) is 11.1 Å². The summed E-state index contributed by atoms with van der Waals surface area (Å²) < 4.78 is 1.01. The minimum Gasteiger partial charge on any atom is -0.361 e. The molecule has 1 aromatic heterocycles. The maximum absolute atomic E-state index is 12.2. The fourth-order valence-electron chi connectivity index (χ4n) is 2.75. The van der Waals surface area contributed by atoms with E-state index in [2.05, 4.69) is 31.1 Å². The number of carbonyl (C=O) groups is 1. The number of halogens is 1. The first-order valence-corrected chi connectivity index (χ1v) is 9.80. The second kappa shape index (κ2) is 7.09. The van der Waals surface area contributed by atoms with Gasteiger partial charge >= 0.3 is 0 Å². The molecule has 1 aliphatic heterocycles. The summed E-state index contributed by atoms with van der Waals surface area (Å²) >= 11 is 4.88. The standard InChI is InChI=1S/C19H15BrN4OS/c1-12-2-5-15(6-3-12)24-18(25)11-26-19(24)23-22-10-13-9-21-17-7-4-14(20)8-16(13)17/h2-10,21H,11H2,1H3/b22-10+,23-19+. The fourth-order valence-corrected chi connectivity index (χ4v) is 3.93. The van der Waals surface area contributed by atoms with Crippen LogP contribution in [-0.2, 0) is 4.79 Å². The van der Waals surface area contributed by atoms with E-state index < -0.39 is 0 Å². The van der Waals surface area contributed by atoms with Crippen molar-refractivity contribution in [1.29, 1.82) is 0 Å². The van der Waals surface area contributed by atoms with Gasteiger partial charge < -0.3 is 4.98 Å². The summed E-state index contributed by atoms with van der Waals surface area (Å²) in [5.74, 6) is 0.395. The molecule has 1 saturated heterocycles. The van der Waals surface area contributed by atoms with Crippen LogP contribution in [0.4, 0.5) is 5.69 Å². The Morgan fingerprint density at radius 2 is 2.04 bits per heavy atom. The van der Waals surface area contributed by atoms with Gasteiger partial charge in [0.25, 0.3) is 0 Å². The summed E-state index contributed by atoms with van der Waals surface area (Å²) in [6, 6.07) is 13.8. The van der Waals surface area contributed by atoms with E-state index in [0.29, 0.717) is 10.9 Å². The number of benzene rings is 2. The Morgan fingerprint density at radius 1 is 1.23 bits per heavy atom. The Balaban J connectivity index is 1.62. The predicted octanol–water partition coefficient (Wildman–Crippen LogP) is 4.71. The third kappa shape index (κ3) is 3.32. The van der Waals surface area contributed by atoms with E-state index in [4.69, 9.17) is 0 Å². The number of H-pyrrole nitrogens is 1. The molecule has 0 unspecified atom stereocenters. The van der Waals surface area contributed by atoms with Crippen molar-refractivity contribution >= 4 is 61.6 Å². The molecule has 1 fully saturated rings. The monoisotopic (exact) mass is 426 g/mol. The Hall–Kier alpha value is -2.38. The van der Waals surface area contributed by atoms with Crippen molar-refractivity contribution in [2.45, 2.75) is 6.92 Å². The number of hydrogen-bond donors (Lipinski definition) is 1. The molecule has 2 aromatic carbocycles. The summed E-state index contributed by atoms with van der Waals surface area (Å²) in [4.78, 5) is 17.1. The number of thioether (sulfide) groups is 1. The third-order valence-corrected chi connectivity index (χ3v) is 5.48. The molecule has 0 bridgehead atoms. The number of rotatable bonds is 3. The first kappa shape index (κ1) is 17.1. The average molecular weight is 427 g/mol. The molecule has 1 aliphatic rings. The molecule has 2 heterocycles. The van der Waals surface area contributed by atoms with Crippen molar-refractivity contribution in [3.05, 3.63) is 64.3 Å². The summed E-state index contributed by atoms with van der Waals surface area (Å²) in [6.07, 6.45) is 3.60. The van der Waals surface area contributed by atoms with Crippen molar-refractivity contribution < 1.29 is 4.79 Å². The van der Waals surface area contributed by atoms with Crippen LogP contribution in [0.15, 0.2) is 63.3 Å². The molecule has 1 N–H and O–H groups in total. The lowest BCUT2D eigenvalue weighted by Crippen LogP contribution is -2.28. The van der Waals surface area contributed by atoms with Gasteiger partial charge in [-0.2, -0.15) is 5.10 Å². The Kier molecular flexibility index (Phi) is 4.65. The number of amidine groups is 1. The third-order valence-electron chi connectivity index (χ3n) is 4.07. The molecule has 7 heteroatoms. The quantitative estimate of drug-likeness (QED) is 0.486. The molecule has 0 spiro atoms. The molecule has 4 rings (SSSR count). The van der Waals surface area contributed by atoms with Crippen LogP contribution in [0.1, 0.15) is 11.1 Å². The van der Waals surface area contributed by atoms with Crippen molar-refractivity contribution in [2.24, 2.45) is 10.2 Å². The lowest BCUT2D eigenvalue weighted by Gasteiger charge is -2.15. The second-order valence-corrected chi connectivity index (χ2v) is 7.77. The molecule has 0 aliphatic carbocycles. The number of carbonyl (C=O) groups excluding carboxylic acids is 1. The molecular formula is C19H15BrN4OS. The maximum atomic E-state index is 12.2. The predicted molar refractivity (Wildman–Crippen MR) is 112 cm³/mol. The normalized spacial score (nSPS) is 16.5. The van der Waals surface area contributed by atoms with Crippen LogP contribution >= 0.6 is 27.7 Å². The van der Waals surface area contributed by atoms with E-state index in [-0.39, 0.29) is 5.91 Å². The van der Waals surface area contributed by atoms with Crippen LogP contribution in [0.25, 0.3) is 10.9 Å². The molecule has 5 nitrogen and oxygen atoms in total. The van der Waals surface area contributed by atoms with Crippen LogP contribution in [0.3, 0.4) is 0 Å². The largest absolute Gasteiger partial charge is 0.361 e. The lowest BCUT2D eigenvalue weighted by atomic mass is 10.2. The molecular weight excluding hydrogens is 412 g/mol. The number of aromatic amines is 1. The van der Waals surface area contributed by atoms with Crippen LogP contribution in [-0.4, -0.2) is 28.0 Å². The smallest absolute Gasteiger partial charge is 0.243 e. The van der Waals surface area contributed by atoms with Crippen molar-refractivity contribution in [3.63, 3.8) is 0 Å². The summed E-state index contributed by atoms with van der Waals surface area (Å²) in [7, 11) is 0. The summed E-state index contributed by atoms with van der Waals surface area (Å²) in [5.41, 5.74) is 3.95. The van der Waals surface area contributed by atoms with E-state index >= 15 is 0 Å². The number of hydrogen-bond acceptors (Lipinski definition) is 4. The fraction of sp³-hybridized carbons (Fsp3) is 0.105. The van der Waals surface area contributed by atoms with Gasteiger partial charge in [0, 0.05) is 27.1 Å². The number of nitrogens with one attached hydrogen (secondary N) is 1. The number of amides is 1. The molecule has 26 heavy (non-hydrogen) atoms. The van der Waals surface area contributed by atoms with Gasteiger partial charge in [0.05, 0.1) is 17.7 Å². The first-order chi connectivity index (χ1) is 12.6. The zero-order valence-electron chi connectivity index (χ0n) is 13.9. The zero-order valence-corrected chi connectivity index (χ0v) is 16.3. The van der Waals surface area contributed by atoms with Gasteiger partial charge in [0.1, 0.15) is 0 Å². The van der Waals surface area contributed by atoms with Gasteiger partial charge in [-0.25, -0.2) is 0 Å². The Bertz CT molecular complexity index is 1040. The SMILES string of the molecule is Cc1ccc(N2C(=O)CS/C2=N/N=C/c2c[nH]c3ccc(Br)cc23)cc1. The van der Waals surface area contributed by atoms with Crippen LogP contribution in [0.5, 0.6) is 0 Å². The topological polar surface area (TPSA) is 60.8 Å².